The lowest BCUT2D eigenvalue weighted by Crippen LogP contribution is -2.18. The molecule has 4 nitrogen and oxygen atoms in total. The Morgan fingerprint density at radius 3 is 3.11 bits per heavy atom. The van der Waals surface area contributed by atoms with Gasteiger partial charge in [0, 0.05) is 12.5 Å². The number of rotatable bonds is 2. The van der Waals surface area contributed by atoms with E-state index in [-0.39, 0.29) is 6.04 Å². The fourth-order valence-corrected chi connectivity index (χ4v) is 0.570. The molecule has 1 atom stereocenters. The van der Waals surface area contributed by atoms with E-state index in [1.807, 2.05) is 6.92 Å². The lowest BCUT2D eigenvalue weighted by atomic mass is 10.2. The summed E-state index contributed by atoms with van der Waals surface area (Å²) in [6, 6.07) is 0.0996. The molecule has 0 bridgehead atoms. The second kappa shape index (κ2) is 2.59. The summed E-state index contributed by atoms with van der Waals surface area (Å²) in [5, 5.41) is 3.59. The minimum atomic E-state index is 0.0996. The van der Waals surface area contributed by atoms with Crippen molar-refractivity contribution in [3.8, 4) is 0 Å². The van der Waals surface area contributed by atoms with Crippen molar-refractivity contribution in [2.75, 3.05) is 0 Å². The molecule has 0 aromatic carbocycles. The summed E-state index contributed by atoms with van der Waals surface area (Å²) < 4.78 is 4.50. The molecule has 1 aromatic heterocycles. The number of aromatic nitrogens is 2. The highest BCUT2D eigenvalue weighted by Crippen LogP contribution is 1.91. The second-order valence-corrected chi connectivity index (χ2v) is 2.03. The summed E-state index contributed by atoms with van der Waals surface area (Å²) in [7, 11) is 0. The van der Waals surface area contributed by atoms with Crippen LogP contribution in [0.2, 0.25) is 0 Å². The predicted molar refractivity (Wildman–Crippen MR) is 31.7 cm³/mol. The standard InChI is InChI=1S/C5H9N3O/c1-4(6)2-5-7-3-9-8-5/h3-4H,2,6H2,1H3. The maximum atomic E-state index is 5.46. The van der Waals surface area contributed by atoms with Crippen LogP contribution in [0.15, 0.2) is 10.9 Å². The van der Waals surface area contributed by atoms with Gasteiger partial charge in [-0.15, -0.1) is 0 Å². The molecule has 0 saturated carbocycles. The van der Waals surface area contributed by atoms with Crippen molar-refractivity contribution in [3.05, 3.63) is 12.2 Å². The van der Waals surface area contributed by atoms with Crippen LogP contribution in [0.4, 0.5) is 0 Å². The molecule has 1 rings (SSSR count). The summed E-state index contributed by atoms with van der Waals surface area (Å²) in [5.74, 6) is 0.671. The van der Waals surface area contributed by atoms with Crippen LogP contribution < -0.4 is 5.73 Å². The third kappa shape index (κ3) is 1.81. The number of hydrogen-bond donors (Lipinski definition) is 1. The van der Waals surface area contributed by atoms with Gasteiger partial charge in [-0.1, -0.05) is 5.16 Å². The average molecular weight is 127 g/mol. The van der Waals surface area contributed by atoms with E-state index in [4.69, 9.17) is 5.73 Å². The number of nitrogens with zero attached hydrogens (tertiary/aromatic N) is 2. The largest absolute Gasteiger partial charge is 0.343 e. The molecule has 0 radical (unpaired) electrons. The van der Waals surface area contributed by atoms with E-state index in [1.165, 1.54) is 6.39 Å². The van der Waals surface area contributed by atoms with Gasteiger partial charge in [-0.3, -0.25) is 0 Å². The van der Waals surface area contributed by atoms with Crippen molar-refractivity contribution in [2.24, 2.45) is 5.73 Å². The molecule has 9 heavy (non-hydrogen) atoms. The zero-order chi connectivity index (χ0) is 6.69. The van der Waals surface area contributed by atoms with Gasteiger partial charge in [0.05, 0.1) is 0 Å². The zero-order valence-electron chi connectivity index (χ0n) is 5.24. The molecule has 1 aromatic rings. The molecule has 0 spiro atoms. The van der Waals surface area contributed by atoms with Crippen LogP contribution in [-0.2, 0) is 6.42 Å². The van der Waals surface area contributed by atoms with Crippen molar-refractivity contribution in [1.29, 1.82) is 0 Å². The molecular formula is C5H9N3O. The first-order valence-electron chi connectivity index (χ1n) is 2.80. The first kappa shape index (κ1) is 6.22. The summed E-state index contributed by atoms with van der Waals surface area (Å²) >= 11 is 0. The Balaban J connectivity index is 2.48. The summed E-state index contributed by atoms with van der Waals surface area (Å²) in [5.41, 5.74) is 5.46. The highest BCUT2D eigenvalue weighted by molar-refractivity contribution is 4.81. The van der Waals surface area contributed by atoms with E-state index < -0.39 is 0 Å². The van der Waals surface area contributed by atoms with E-state index >= 15 is 0 Å². The maximum Gasteiger partial charge on any atom is 0.213 e. The van der Waals surface area contributed by atoms with Crippen molar-refractivity contribution in [3.63, 3.8) is 0 Å². The van der Waals surface area contributed by atoms with Gasteiger partial charge < -0.3 is 10.3 Å². The summed E-state index contributed by atoms with van der Waals surface area (Å²) in [6.07, 6.45) is 1.98. The zero-order valence-corrected chi connectivity index (χ0v) is 5.24. The van der Waals surface area contributed by atoms with Crippen LogP contribution >= 0.6 is 0 Å². The average Bonchev–Trinajstić information content (AvgIpc) is 2.15. The summed E-state index contributed by atoms with van der Waals surface area (Å²) in [4.78, 5) is 3.80. The lowest BCUT2D eigenvalue weighted by molar-refractivity contribution is 0.408. The Bertz CT molecular complexity index is 159. The first-order chi connectivity index (χ1) is 4.29. The molecule has 0 saturated heterocycles. The molecule has 2 N–H and O–H groups in total. The molecular weight excluding hydrogens is 118 g/mol. The van der Waals surface area contributed by atoms with Crippen molar-refractivity contribution in [1.82, 2.24) is 10.1 Å². The Morgan fingerprint density at radius 2 is 2.67 bits per heavy atom. The van der Waals surface area contributed by atoms with E-state index in [1.54, 1.807) is 0 Å². The Labute approximate surface area is 53.1 Å². The molecule has 0 amide bonds. The van der Waals surface area contributed by atoms with Gasteiger partial charge in [0.25, 0.3) is 0 Å². The van der Waals surface area contributed by atoms with Gasteiger partial charge in [0.1, 0.15) is 0 Å². The van der Waals surface area contributed by atoms with Crippen LogP contribution in [-0.4, -0.2) is 16.2 Å². The van der Waals surface area contributed by atoms with Gasteiger partial charge in [-0.2, -0.15) is 4.98 Å². The molecule has 0 aliphatic rings. The lowest BCUT2D eigenvalue weighted by Gasteiger charge is -1.96. The predicted octanol–water partition coefficient (Wildman–Crippen LogP) is -0.0407. The first-order valence-corrected chi connectivity index (χ1v) is 2.80. The third-order valence-electron chi connectivity index (χ3n) is 0.911. The van der Waals surface area contributed by atoms with Crippen LogP contribution in [0.3, 0.4) is 0 Å². The van der Waals surface area contributed by atoms with Crippen LogP contribution in [0.5, 0.6) is 0 Å². The number of hydrogen-bond acceptors (Lipinski definition) is 4. The highest BCUT2D eigenvalue weighted by atomic mass is 16.5. The van der Waals surface area contributed by atoms with Crippen molar-refractivity contribution < 1.29 is 4.52 Å². The molecule has 1 heterocycles. The van der Waals surface area contributed by atoms with Crippen LogP contribution in [0, 0.1) is 0 Å². The van der Waals surface area contributed by atoms with Gasteiger partial charge in [0.15, 0.2) is 5.82 Å². The Morgan fingerprint density at radius 1 is 1.89 bits per heavy atom. The van der Waals surface area contributed by atoms with Gasteiger partial charge in [-0.05, 0) is 6.92 Å². The van der Waals surface area contributed by atoms with Gasteiger partial charge in [0.2, 0.25) is 6.39 Å². The smallest absolute Gasteiger partial charge is 0.213 e. The summed E-state index contributed by atoms with van der Waals surface area (Å²) in [6.45, 7) is 1.90. The third-order valence-corrected chi connectivity index (χ3v) is 0.911. The molecule has 4 heteroatoms. The topological polar surface area (TPSA) is 64.9 Å². The van der Waals surface area contributed by atoms with E-state index in [0.29, 0.717) is 12.2 Å². The quantitative estimate of drug-likeness (QED) is 0.605. The molecule has 1 unspecified atom stereocenters. The van der Waals surface area contributed by atoms with E-state index in [9.17, 15) is 0 Å². The minimum Gasteiger partial charge on any atom is -0.343 e. The van der Waals surface area contributed by atoms with E-state index in [0.717, 1.165) is 0 Å². The monoisotopic (exact) mass is 127 g/mol. The SMILES string of the molecule is CC(N)Cc1ncon1. The van der Waals surface area contributed by atoms with Gasteiger partial charge in [-0.25, -0.2) is 0 Å². The molecule has 0 aliphatic carbocycles. The molecule has 50 valence electrons. The normalized spacial score (nSPS) is 13.6. The second-order valence-electron chi connectivity index (χ2n) is 2.03. The van der Waals surface area contributed by atoms with Crippen LogP contribution in [0.1, 0.15) is 12.7 Å². The van der Waals surface area contributed by atoms with Crippen LogP contribution in [0.25, 0.3) is 0 Å². The maximum absolute atomic E-state index is 5.46. The highest BCUT2D eigenvalue weighted by Gasteiger charge is 2.00. The molecule has 0 aliphatic heterocycles. The fourth-order valence-electron chi connectivity index (χ4n) is 0.570. The fraction of sp³-hybridized carbons (Fsp3) is 0.600. The van der Waals surface area contributed by atoms with Crippen molar-refractivity contribution >= 4 is 0 Å². The Hall–Kier alpha value is -0.900. The minimum absolute atomic E-state index is 0.0996. The number of nitrogens with two attached hydrogens (primary N) is 1. The molecule has 0 fully saturated rings. The van der Waals surface area contributed by atoms with Gasteiger partial charge >= 0.3 is 0 Å². The Kier molecular flexibility index (Phi) is 1.79. The van der Waals surface area contributed by atoms with E-state index in [2.05, 4.69) is 14.7 Å². The van der Waals surface area contributed by atoms with Crippen molar-refractivity contribution in [2.45, 2.75) is 19.4 Å².